The number of allylic oxidation sites excluding steroid dienone is 1. The summed E-state index contributed by atoms with van der Waals surface area (Å²) in [7, 11) is -5.94. The van der Waals surface area contributed by atoms with Crippen molar-refractivity contribution in [3.05, 3.63) is 82.6 Å². The number of carbonyl (C=O) groups is 1. The molecule has 39 heavy (non-hydrogen) atoms. The number of nitrogens with one attached hydrogen (secondary N) is 1. The Morgan fingerprint density at radius 2 is 1.46 bits per heavy atom. The average Bonchev–Trinajstić information content (AvgIpc) is 2.83. The molecule has 1 aliphatic carbocycles. The van der Waals surface area contributed by atoms with Crippen LogP contribution in [0.2, 0.25) is 0 Å². The lowest BCUT2D eigenvalue weighted by Gasteiger charge is -2.38. The van der Waals surface area contributed by atoms with Crippen LogP contribution in [0.1, 0.15) is 54.4 Å². The monoisotopic (exact) mass is 589 g/mol. The van der Waals surface area contributed by atoms with Gasteiger partial charge in [0.05, 0.1) is 22.6 Å². The Bertz CT molecular complexity index is 1320. The van der Waals surface area contributed by atoms with Crippen LogP contribution in [-0.4, -0.2) is 19.8 Å². The number of hydrogen-bond acceptors (Lipinski definition) is 4. The topological polar surface area (TPSA) is 72.5 Å². The van der Waals surface area contributed by atoms with Gasteiger partial charge in [0.25, 0.3) is 0 Å². The lowest BCUT2D eigenvalue weighted by molar-refractivity contribution is -0.143. The zero-order valence-electron chi connectivity index (χ0n) is 19.8. The molecule has 0 radical (unpaired) electrons. The van der Waals surface area contributed by atoms with Gasteiger partial charge < -0.3 is 9.50 Å². The van der Waals surface area contributed by atoms with E-state index in [0.717, 1.165) is 13.0 Å². The molecule has 2 aromatic rings. The van der Waals surface area contributed by atoms with E-state index < -0.39 is 67.8 Å². The fourth-order valence-electron chi connectivity index (χ4n) is 4.02. The van der Waals surface area contributed by atoms with E-state index in [2.05, 4.69) is 9.50 Å². The number of benzene rings is 2. The minimum absolute atomic E-state index is 0.0674. The highest BCUT2D eigenvalue weighted by Gasteiger charge is 2.49. The largest absolute Gasteiger partial charge is 0.534 e. The molecule has 3 rings (SSSR count). The highest BCUT2D eigenvalue weighted by atomic mass is 32.2. The summed E-state index contributed by atoms with van der Waals surface area (Å²) >= 11 is 0. The first-order valence-corrected chi connectivity index (χ1v) is 12.5. The molecular formula is C24H20F9NO4S. The van der Waals surface area contributed by atoms with Crippen LogP contribution in [0.25, 0.3) is 0 Å². The van der Waals surface area contributed by atoms with Gasteiger partial charge in [-0.3, -0.25) is 4.79 Å². The molecule has 2 aromatic carbocycles. The first-order valence-electron chi connectivity index (χ1n) is 11.1. The summed E-state index contributed by atoms with van der Waals surface area (Å²) < 4.78 is 145. The molecule has 5 nitrogen and oxygen atoms in total. The highest BCUT2D eigenvalue weighted by Crippen LogP contribution is 2.41. The van der Waals surface area contributed by atoms with Crippen molar-refractivity contribution in [3.63, 3.8) is 0 Å². The van der Waals surface area contributed by atoms with Crippen LogP contribution < -0.4 is 5.32 Å². The van der Waals surface area contributed by atoms with Crippen molar-refractivity contribution in [2.45, 2.75) is 55.5 Å². The van der Waals surface area contributed by atoms with Gasteiger partial charge in [0.15, 0.2) is 0 Å². The summed E-state index contributed by atoms with van der Waals surface area (Å²) in [6, 6.07) is 8.64. The van der Waals surface area contributed by atoms with E-state index in [1.54, 1.807) is 30.3 Å². The van der Waals surface area contributed by atoms with Gasteiger partial charge >= 0.3 is 28.0 Å². The quantitative estimate of drug-likeness (QED) is 0.229. The van der Waals surface area contributed by atoms with E-state index >= 15 is 0 Å². The molecule has 0 heterocycles. The summed E-state index contributed by atoms with van der Waals surface area (Å²) in [6.07, 6.45) is -10.1. The van der Waals surface area contributed by atoms with E-state index in [1.165, 1.54) is 0 Å². The van der Waals surface area contributed by atoms with E-state index in [1.807, 2.05) is 0 Å². The van der Waals surface area contributed by atoms with E-state index in [4.69, 9.17) is 0 Å². The first-order chi connectivity index (χ1) is 17.8. The van der Waals surface area contributed by atoms with Crippen LogP contribution in [0.4, 0.5) is 39.5 Å². The number of alkyl halides is 9. The maximum Gasteiger partial charge on any atom is 0.534 e. The minimum Gasteiger partial charge on any atom is -0.381 e. The van der Waals surface area contributed by atoms with Crippen molar-refractivity contribution in [2.24, 2.45) is 0 Å². The molecule has 1 amide bonds. The van der Waals surface area contributed by atoms with Gasteiger partial charge in [-0.25, -0.2) is 0 Å². The molecule has 0 saturated heterocycles. The van der Waals surface area contributed by atoms with Crippen LogP contribution in [0.15, 0.2) is 60.4 Å². The third kappa shape index (κ3) is 6.86. The summed E-state index contributed by atoms with van der Waals surface area (Å²) in [5.74, 6) is -3.01. The molecule has 2 atom stereocenters. The fourth-order valence-corrected chi connectivity index (χ4v) is 4.55. The number of rotatable bonds is 6. The van der Waals surface area contributed by atoms with Crippen LogP contribution in [0, 0.1) is 0 Å². The van der Waals surface area contributed by atoms with Crippen molar-refractivity contribution >= 4 is 16.0 Å². The first kappa shape index (κ1) is 30.3. The Hall–Kier alpha value is -3.23. The standard InChI is InChI=1S/C24H20F9NO4S/c1-14(15-11-17(22(25,26)27)13-18(12-15)23(28,29)30)20(35)34-21(16-5-3-2-4-6-16)9-7-19(8-10-21)38-39(36,37)24(31,32)33/h2-7,11-14H,8-10H2,1H3,(H,34,35). The lowest BCUT2D eigenvalue weighted by atomic mass is 9.78. The average molecular weight is 589 g/mol. The Morgan fingerprint density at radius 3 is 1.90 bits per heavy atom. The normalized spacial score (nSPS) is 19.7. The third-order valence-corrected chi connectivity index (χ3v) is 7.17. The van der Waals surface area contributed by atoms with Crippen molar-refractivity contribution in [2.75, 3.05) is 0 Å². The smallest absolute Gasteiger partial charge is 0.381 e. The molecule has 0 aliphatic heterocycles. The Morgan fingerprint density at radius 1 is 0.923 bits per heavy atom. The second kappa shape index (κ2) is 10.4. The van der Waals surface area contributed by atoms with Crippen LogP contribution in [0.3, 0.4) is 0 Å². The Balaban J connectivity index is 1.95. The van der Waals surface area contributed by atoms with Gasteiger partial charge in [0.1, 0.15) is 5.76 Å². The van der Waals surface area contributed by atoms with Crippen molar-refractivity contribution in [3.8, 4) is 0 Å². The summed E-state index contributed by atoms with van der Waals surface area (Å²) in [4.78, 5) is 13.2. The van der Waals surface area contributed by atoms with Gasteiger partial charge in [-0.15, -0.1) is 0 Å². The summed E-state index contributed by atoms with van der Waals surface area (Å²) in [6.45, 7) is 1.10. The van der Waals surface area contributed by atoms with Crippen LogP contribution in [0.5, 0.6) is 0 Å². The maximum absolute atomic E-state index is 13.3. The SMILES string of the molecule is CC(C(=O)NC1(c2ccccc2)CC=C(OS(=O)(=O)C(F)(F)F)CC1)c1cc(C(F)(F)F)cc(C(F)(F)F)c1. The maximum atomic E-state index is 13.3. The second-order valence-electron chi connectivity index (χ2n) is 8.86. The molecule has 1 N–H and O–H groups in total. The molecule has 1 aliphatic rings. The fraction of sp³-hybridized carbons (Fsp3) is 0.375. The molecule has 214 valence electrons. The van der Waals surface area contributed by atoms with Gasteiger partial charge in [-0.2, -0.15) is 47.9 Å². The van der Waals surface area contributed by atoms with Gasteiger partial charge in [0.2, 0.25) is 5.91 Å². The molecule has 0 aromatic heterocycles. The van der Waals surface area contributed by atoms with Crippen LogP contribution in [-0.2, 0) is 37.0 Å². The van der Waals surface area contributed by atoms with E-state index in [9.17, 15) is 52.7 Å². The van der Waals surface area contributed by atoms with Gasteiger partial charge in [0, 0.05) is 6.42 Å². The highest BCUT2D eigenvalue weighted by molar-refractivity contribution is 7.87. The lowest BCUT2D eigenvalue weighted by Crippen LogP contribution is -2.48. The number of halogens is 9. The number of hydrogen-bond donors (Lipinski definition) is 1. The summed E-state index contributed by atoms with van der Waals surface area (Å²) in [5.41, 5.74) is -10.4. The molecule has 0 saturated carbocycles. The Kier molecular flexibility index (Phi) is 8.08. The van der Waals surface area contributed by atoms with Crippen molar-refractivity contribution in [1.29, 1.82) is 0 Å². The molecule has 0 fully saturated rings. The number of amides is 1. The predicted molar refractivity (Wildman–Crippen MR) is 119 cm³/mol. The summed E-state index contributed by atoms with van der Waals surface area (Å²) in [5, 5.41) is 2.60. The molecular weight excluding hydrogens is 569 g/mol. The van der Waals surface area contributed by atoms with E-state index in [0.29, 0.717) is 17.7 Å². The molecule has 15 heteroatoms. The molecule has 0 bridgehead atoms. The van der Waals surface area contributed by atoms with Crippen molar-refractivity contribution in [1.82, 2.24) is 5.32 Å². The third-order valence-electron chi connectivity index (χ3n) is 6.17. The zero-order valence-corrected chi connectivity index (χ0v) is 20.7. The molecule has 2 unspecified atom stereocenters. The van der Waals surface area contributed by atoms with Gasteiger partial charge in [-0.05, 0) is 55.2 Å². The van der Waals surface area contributed by atoms with Crippen LogP contribution >= 0.6 is 0 Å². The second-order valence-corrected chi connectivity index (χ2v) is 10.4. The number of carbonyl (C=O) groups excluding carboxylic acids is 1. The minimum atomic E-state index is -5.94. The Labute approximate surface area is 216 Å². The zero-order chi connectivity index (χ0) is 29.4. The molecule has 0 spiro atoms. The van der Waals surface area contributed by atoms with Gasteiger partial charge in [-0.1, -0.05) is 30.3 Å². The van der Waals surface area contributed by atoms with E-state index in [-0.39, 0.29) is 25.3 Å². The predicted octanol–water partition coefficient (Wildman–Crippen LogP) is 6.77. The van der Waals surface area contributed by atoms with Crippen molar-refractivity contribution < 1.29 is 56.9 Å².